The molecule has 1 unspecified atom stereocenters. The van der Waals surface area contributed by atoms with Crippen molar-refractivity contribution in [3.05, 3.63) is 72.3 Å². The molecular formula is C25H28N4O2. The molecule has 1 heterocycles. The van der Waals surface area contributed by atoms with Crippen LogP contribution in [0.1, 0.15) is 18.4 Å². The monoisotopic (exact) mass is 416 g/mol. The second-order valence-corrected chi connectivity index (χ2v) is 7.91. The van der Waals surface area contributed by atoms with Crippen molar-refractivity contribution in [3.8, 4) is 5.75 Å². The van der Waals surface area contributed by atoms with Crippen molar-refractivity contribution in [3.63, 3.8) is 0 Å². The second-order valence-electron chi connectivity index (χ2n) is 7.91. The zero-order valence-corrected chi connectivity index (χ0v) is 17.8. The number of urea groups is 1. The molecule has 0 radical (unpaired) electrons. The Hall–Kier alpha value is -3.38. The van der Waals surface area contributed by atoms with E-state index in [1.807, 2.05) is 0 Å². The van der Waals surface area contributed by atoms with Crippen LogP contribution in [0.3, 0.4) is 0 Å². The third-order valence-electron chi connectivity index (χ3n) is 5.77. The number of carbonyl (C=O) groups is 1. The highest BCUT2D eigenvalue weighted by atomic mass is 16.5. The minimum absolute atomic E-state index is 0.0744. The first-order valence-corrected chi connectivity index (χ1v) is 10.6. The van der Waals surface area contributed by atoms with Crippen molar-refractivity contribution >= 4 is 28.3 Å². The first kappa shape index (κ1) is 20.9. The van der Waals surface area contributed by atoms with Crippen LogP contribution in [0.2, 0.25) is 0 Å². The number of nitrogens with one attached hydrogen (secondary N) is 1. The van der Waals surface area contributed by atoms with Crippen LogP contribution in [0.25, 0.3) is 10.8 Å². The van der Waals surface area contributed by atoms with Crippen LogP contribution in [0.15, 0.2) is 71.7 Å². The Labute approximate surface area is 182 Å². The van der Waals surface area contributed by atoms with Crippen molar-refractivity contribution in [1.29, 1.82) is 0 Å². The molecule has 2 amide bonds. The van der Waals surface area contributed by atoms with Crippen LogP contribution in [0, 0.1) is 5.92 Å². The van der Waals surface area contributed by atoms with Gasteiger partial charge >= 0.3 is 6.03 Å². The molecule has 3 aromatic rings. The number of aliphatic imine (C=N–C) groups is 1. The lowest BCUT2D eigenvalue weighted by Crippen LogP contribution is -2.41. The summed E-state index contributed by atoms with van der Waals surface area (Å²) in [6.07, 6.45) is 1.98. The van der Waals surface area contributed by atoms with Gasteiger partial charge in [-0.3, -0.25) is 4.90 Å². The summed E-state index contributed by atoms with van der Waals surface area (Å²) in [6.45, 7) is 2.68. The molecule has 1 aliphatic heterocycles. The van der Waals surface area contributed by atoms with Gasteiger partial charge in [0.15, 0.2) is 0 Å². The van der Waals surface area contributed by atoms with E-state index in [2.05, 4.69) is 57.7 Å². The number of hydrogen-bond donors (Lipinski definition) is 2. The lowest BCUT2D eigenvalue weighted by Gasteiger charge is -2.32. The smallest absolute Gasteiger partial charge is 0.347 e. The van der Waals surface area contributed by atoms with Gasteiger partial charge in [-0.2, -0.15) is 4.99 Å². The SMILES string of the molecule is COc1ccc(NC(=O)/N=C(\N)C2CCCN(Cc3cccc4ccccc34)C2)cc1. The molecule has 4 rings (SSSR count). The average molecular weight is 417 g/mol. The minimum Gasteiger partial charge on any atom is -0.497 e. The van der Waals surface area contributed by atoms with E-state index in [4.69, 9.17) is 10.5 Å². The molecule has 1 saturated heterocycles. The normalized spacial score (nSPS) is 17.5. The topological polar surface area (TPSA) is 79.9 Å². The van der Waals surface area contributed by atoms with Crippen molar-refractivity contribution < 1.29 is 9.53 Å². The van der Waals surface area contributed by atoms with E-state index in [-0.39, 0.29) is 5.92 Å². The number of hydrogen-bond acceptors (Lipinski definition) is 3. The van der Waals surface area contributed by atoms with Crippen LogP contribution in [-0.2, 0) is 6.54 Å². The lowest BCUT2D eigenvalue weighted by atomic mass is 9.96. The Morgan fingerprint density at radius 3 is 2.71 bits per heavy atom. The van der Waals surface area contributed by atoms with E-state index in [1.54, 1.807) is 31.4 Å². The summed E-state index contributed by atoms with van der Waals surface area (Å²) in [5, 5.41) is 5.30. The van der Waals surface area contributed by atoms with Crippen molar-refractivity contribution in [1.82, 2.24) is 4.90 Å². The highest BCUT2D eigenvalue weighted by molar-refractivity contribution is 6.00. The fraction of sp³-hybridized carbons (Fsp3) is 0.280. The largest absolute Gasteiger partial charge is 0.497 e. The number of fused-ring (bicyclic) bond motifs is 1. The Bertz CT molecular complexity index is 1070. The maximum Gasteiger partial charge on any atom is 0.347 e. The van der Waals surface area contributed by atoms with Crippen LogP contribution in [0.5, 0.6) is 5.75 Å². The van der Waals surface area contributed by atoms with Crippen molar-refractivity contribution in [2.45, 2.75) is 19.4 Å². The lowest BCUT2D eigenvalue weighted by molar-refractivity contribution is 0.196. The van der Waals surface area contributed by atoms with Gasteiger partial charge in [0.1, 0.15) is 11.6 Å². The number of nitrogens with zero attached hydrogens (tertiary/aromatic N) is 2. The molecule has 1 atom stereocenters. The van der Waals surface area contributed by atoms with E-state index >= 15 is 0 Å². The number of nitrogens with two attached hydrogens (primary N) is 1. The molecule has 0 aromatic heterocycles. The zero-order chi connectivity index (χ0) is 21.6. The summed E-state index contributed by atoms with van der Waals surface area (Å²) < 4.78 is 5.13. The molecular weight excluding hydrogens is 388 g/mol. The number of anilines is 1. The average Bonchev–Trinajstić information content (AvgIpc) is 2.80. The fourth-order valence-corrected chi connectivity index (χ4v) is 4.15. The predicted octanol–water partition coefficient (Wildman–Crippen LogP) is 4.65. The van der Waals surface area contributed by atoms with E-state index < -0.39 is 6.03 Å². The molecule has 3 N–H and O–H groups in total. The maximum atomic E-state index is 12.3. The van der Waals surface area contributed by atoms with Crippen LogP contribution in [-0.4, -0.2) is 37.0 Å². The molecule has 0 aliphatic carbocycles. The van der Waals surface area contributed by atoms with Crippen LogP contribution < -0.4 is 15.8 Å². The van der Waals surface area contributed by atoms with Gasteiger partial charge in [-0.05, 0) is 60.0 Å². The Morgan fingerprint density at radius 2 is 1.90 bits per heavy atom. The van der Waals surface area contributed by atoms with Gasteiger partial charge in [0.2, 0.25) is 0 Å². The predicted molar refractivity (Wildman–Crippen MR) is 126 cm³/mol. The highest BCUT2D eigenvalue weighted by Gasteiger charge is 2.23. The van der Waals surface area contributed by atoms with E-state index in [0.717, 1.165) is 38.2 Å². The van der Waals surface area contributed by atoms with Crippen molar-refractivity contribution in [2.75, 3.05) is 25.5 Å². The molecule has 1 aliphatic rings. The van der Waals surface area contributed by atoms with E-state index in [0.29, 0.717) is 11.5 Å². The van der Waals surface area contributed by atoms with Gasteiger partial charge in [-0.15, -0.1) is 0 Å². The first-order valence-electron chi connectivity index (χ1n) is 10.6. The number of rotatable bonds is 5. The van der Waals surface area contributed by atoms with Gasteiger partial charge in [0, 0.05) is 24.7 Å². The van der Waals surface area contributed by atoms with Gasteiger partial charge in [0.25, 0.3) is 0 Å². The molecule has 0 saturated carbocycles. The third-order valence-corrected chi connectivity index (χ3v) is 5.77. The number of methoxy groups -OCH3 is 1. The second kappa shape index (κ2) is 9.62. The summed E-state index contributed by atoms with van der Waals surface area (Å²) in [6, 6.07) is 21.6. The van der Waals surface area contributed by atoms with E-state index in [1.165, 1.54) is 16.3 Å². The Morgan fingerprint density at radius 1 is 1.13 bits per heavy atom. The van der Waals surface area contributed by atoms with Crippen LogP contribution >= 0.6 is 0 Å². The fourth-order valence-electron chi connectivity index (χ4n) is 4.15. The standard InChI is InChI=1S/C25H28N4O2/c1-31-22-13-11-21(12-14-22)27-25(30)28-24(26)20-9-5-15-29(17-20)16-19-8-4-7-18-6-2-3-10-23(18)19/h2-4,6-8,10-14,20H,5,9,15-17H2,1H3,(H3,26,27,28,30). The number of piperidine rings is 1. The zero-order valence-electron chi connectivity index (χ0n) is 17.8. The summed E-state index contributed by atoms with van der Waals surface area (Å²) in [5.41, 5.74) is 8.20. The minimum atomic E-state index is -0.450. The van der Waals surface area contributed by atoms with E-state index in [9.17, 15) is 4.79 Å². The Kier molecular flexibility index (Phi) is 6.48. The molecule has 6 nitrogen and oxygen atoms in total. The molecule has 3 aromatic carbocycles. The third kappa shape index (κ3) is 5.22. The molecule has 1 fully saturated rings. The molecule has 0 spiro atoms. The molecule has 31 heavy (non-hydrogen) atoms. The molecule has 0 bridgehead atoms. The number of ether oxygens (including phenoxy) is 1. The molecule has 160 valence electrons. The summed E-state index contributed by atoms with van der Waals surface area (Å²) >= 11 is 0. The number of amides is 2. The molecule has 6 heteroatoms. The van der Waals surface area contributed by atoms with Crippen LogP contribution in [0.4, 0.5) is 10.5 Å². The first-order chi connectivity index (χ1) is 15.1. The van der Waals surface area contributed by atoms with Gasteiger partial charge < -0.3 is 15.8 Å². The maximum absolute atomic E-state index is 12.3. The number of benzene rings is 3. The summed E-state index contributed by atoms with van der Waals surface area (Å²) in [5.74, 6) is 1.20. The quantitative estimate of drug-likeness (QED) is 0.469. The Balaban J connectivity index is 1.39. The highest BCUT2D eigenvalue weighted by Crippen LogP contribution is 2.24. The van der Waals surface area contributed by atoms with Gasteiger partial charge in [-0.25, -0.2) is 4.79 Å². The number of carbonyl (C=O) groups excluding carboxylic acids is 1. The number of likely N-dealkylation sites (tertiary alicyclic amines) is 1. The van der Waals surface area contributed by atoms with Gasteiger partial charge in [0.05, 0.1) is 7.11 Å². The summed E-state index contributed by atoms with van der Waals surface area (Å²) in [4.78, 5) is 18.8. The van der Waals surface area contributed by atoms with Gasteiger partial charge in [-0.1, -0.05) is 42.5 Å². The van der Waals surface area contributed by atoms with Crippen molar-refractivity contribution in [2.24, 2.45) is 16.6 Å². The number of amidine groups is 1. The summed E-state index contributed by atoms with van der Waals surface area (Å²) in [7, 11) is 1.60.